The van der Waals surface area contributed by atoms with Crippen LogP contribution in [0.1, 0.15) is 25.7 Å². The van der Waals surface area contributed by atoms with Crippen LogP contribution in [-0.4, -0.2) is 37.1 Å². The van der Waals surface area contributed by atoms with E-state index >= 15 is 0 Å². The molecule has 0 aromatic carbocycles. The molecule has 64 valence electrons. The fourth-order valence-corrected chi connectivity index (χ4v) is 2.65. The minimum Gasteiger partial charge on any atom is -0.317 e. The van der Waals surface area contributed by atoms with Gasteiger partial charge in [-0.25, -0.2) is 0 Å². The molecule has 0 spiro atoms. The standard InChI is InChI=1S/C9H18N2/c1-10-7-5-8-3-4-9(6-7)11(8)2/h7-10H,3-6H2,1-2H3/t7-,8+,9?/m0/s1. The van der Waals surface area contributed by atoms with Crippen LogP contribution in [0.25, 0.3) is 0 Å². The van der Waals surface area contributed by atoms with Gasteiger partial charge in [-0.1, -0.05) is 0 Å². The molecule has 0 radical (unpaired) electrons. The molecule has 1 N–H and O–H groups in total. The first-order chi connectivity index (χ1) is 5.31. The van der Waals surface area contributed by atoms with Crippen LogP contribution in [0, 0.1) is 0 Å². The molecule has 2 fully saturated rings. The van der Waals surface area contributed by atoms with Gasteiger partial charge in [0.05, 0.1) is 0 Å². The molecule has 2 nitrogen and oxygen atoms in total. The fraction of sp³-hybridized carbons (Fsp3) is 1.00. The molecule has 2 aliphatic heterocycles. The normalized spacial score (nSPS) is 44.7. The summed E-state index contributed by atoms with van der Waals surface area (Å²) in [5, 5.41) is 3.40. The monoisotopic (exact) mass is 154 g/mol. The predicted octanol–water partition coefficient (Wildman–Crippen LogP) is 0.831. The summed E-state index contributed by atoms with van der Waals surface area (Å²) in [5.74, 6) is 0. The van der Waals surface area contributed by atoms with Gasteiger partial charge in [0.2, 0.25) is 0 Å². The maximum absolute atomic E-state index is 3.40. The number of nitrogens with zero attached hydrogens (tertiary/aromatic N) is 1. The number of hydrogen-bond donors (Lipinski definition) is 1. The molecule has 0 aliphatic carbocycles. The second-order valence-electron chi connectivity index (χ2n) is 4.01. The third kappa shape index (κ3) is 1.18. The van der Waals surface area contributed by atoms with Gasteiger partial charge in [0.15, 0.2) is 0 Å². The van der Waals surface area contributed by atoms with Crippen LogP contribution in [0.4, 0.5) is 0 Å². The van der Waals surface area contributed by atoms with Crippen molar-refractivity contribution in [2.45, 2.75) is 43.8 Å². The van der Waals surface area contributed by atoms with Gasteiger partial charge in [0.1, 0.15) is 0 Å². The summed E-state index contributed by atoms with van der Waals surface area (Å²) in [6, 6.07) is 2.56. The van der Waals surface area contributed by atoms with E-state index in [9.17, 15) is 0 Å². The highest BCUT2D eigenvalue weighted by molar-refractivity contribution is 4.95. The first-order valence-electron chi connectivity index (χ1n) is 4.70. The van der Waals surface area contributed by atoms with E-state index in [1.807, 2.05) is 0 Å². The van der Waals surface area contributed by atoms with Crippen LogP contribution in [0.5, 0.6) is 0 Å². The van der Waals surface area contributed by atoms with Crippen molar-refractivity contribution in [3.8, 4) is 0 Å². The van der Waals surface area contributed by atoms with Crippen LogP contribution in [-0.2, 0) is 0 Å². The molecule has 2 bridgehead atoms. The highest BCUT2D eigenvalue weighted by Crippen LogP contribution is 2.33. The van der Waals surface area contributed by atoms with Crippen molar-refractivity contribution in [1.29, 1.82) is 0 Å². The highest BCUT2D eigenvalue weighted by atomic mass is 15.2. The summed E-state index contributed by atoms with van der Waals surface area (Å²) in [5.41, 5.74) is 0. The Hall–Kier alpha value is -0.0800. The number of nitrogens with one attached hydrogen (secondary N) is 1. The zero-order valence-electron chi connectivity index (χ0n) is 7.51. The van der Waals surface area contributed by atoms with Crippen molar-refractivity contribution in [3.63, 3.8) is 0 Å². The van der Waals surface area contributed by atoms with Gasteiger partial charge >= 0.3 is 0 Å². The summed E-state index contributed by atoms with van der Waals surface area (Å²) in [7, 11) is 4.38. The molecule has 2 heterocycles. The Kier molecular flexibility index (Phi) is 1.90. The van der Waals surface area contributed by atoms with Crippen molar-refractivity contribution in [1.82, 2.24) is 10.2 Å². The van der Waals surface area contributed by atoms with E-state index in [4.69, 9.17) is 0 Å². The highest BCUT2D eigenvalue weighted by Gasteiger charge is 2.37. The van der Waals surface area contributed by atoms with Gasteiger partial charge in [-0.15, -0.1) is 0 Å². The van der Waals surface area contributed by atoms with E-state index in [-0.39, 0.29) is 0 Å². The molecule has 1 unspecified atom stereocenters. The number of piperidine rings is 1. The summed E-state index contributed by atoms with van der Waals surface area (Å²) in [6.07, 6.45) is 5.59. The summed E-state index contributed by atoms with van der Waals surface area (Å²) < 4.78 is 0. The third-order valence-corrected chi connectivity index (χ3v) is 3.51. The van der Waals surface area contributed by atoms with Gasteiger partial charge < -0.3 is 10.2 Å². The van der Waals surface area contributed by atoms with Crippen molar-refractivity contribution in [2.75, 3.05) is 14.1 Å². The zero-order valence-corrected chi connectivity index (χ0v) is 7.51. The Balaban J connectivity index is 2.02. The van der Waals surface area contributed by atoms with Crippen molar-refractivity contribution >= 4 is 0 Å². The number of rotatable bonds is 1. The van der Waals surface area contributed by atoms with E-state index < -0.39 is 0 Å². The third-order valence-electron chi connectivity index (χ3n) is 3.51. The van der Waals surface area contributed by atoms with Crippen LogP contribution < -0.4 is 5.32 Å². The summed E-state index contributed by atoms with van der Waals surface area (Å²) in [6.45, 7) is 0. The minimum absolute atomic E-state index is 0.795. The van der Waals surface area contributed by atoms with Gasteiger partial charge in [-0.05, 0) is 39.8 Å². The van der Waals surface area contributed by atoms with Crippen molar-refractivity contribution in [2.24, 2.45) is 0 Å². The van der Waals surface area contributed by atoms with Gasteiger partial charge in [-0.2, -0.15) is 0 Å². The second-order valence-corrected chi connectivity index (χ2v) is 4.01. The van der Waals surface area contributed by atoms with Crippen LogP contribution >= 0.6 is 0 Å². The maximum atomic E-state index is 3.40. The van der Waals surface area contributed by atoms with E-state index in [0.717, 1.165) is 18.1 Å². The molecule has 11 heavy (non-hydrogen) atoms. The molecule has 0 aromatic heterocycles. The van der Waals surface area contributed by atoms with E-state index in [2.05, 4.69) is 24.3 Å². The molecule has 2 aliphatic rings. The van der Waals surface area contributed by atoms with Crippen LogP contribution in [0.15, 0.2) is 0 Å². The largest absolute Gasteiger partial charge is 0.317 e. The number of fused-ring (bicyclic) bond motifs is 2. The lowest BCUT2D eigenvalue weighted by atomic mass is 9.98. The molecule has 3 atom stereocenters. The summed E-state index contributed by atoms with van der Waals surface area (Å²) in [4.78, 5) is 2.58. The average Bonchev–Trinajstić information content (AvgIpc) is 2.26. The predicted molar refractivity (Wildman–Crippen MR) is 46.7 cm³/mol. The Morgan fingerprint density at radius 1 is 1.18 bits per heavy atom. The van der Waals surface area contributed by atoms with Crippen molar-refractivity contribution < 1.29 is 0 Å². The topological polar surface area (TPSA) is 15.3 Å². The molecule has 0 aromatic rings. The number of hydrogen-bond acceptors (Lipinski definition) is 2. The summed E-state index contributed by atoms with van der Waals surface area (Å²) >= 11 is 0. The first kappa shape index (κ1) is 7.56. The quantitative estimate of drug-likeness (QED) is 0.602. The molecule has 2 heteroatoms. The van der Waals surface area contributed by atoms with Gasteiger partial charge in [0.25, 0.3) is 0 Å². The zero-order chi connectivity index (χ0) is 7.84. The minimum atomic E-state index is 0.795. The average molecular weight is 154 g/mol. The van der Waals surface area contributed by atoms with Gasteiger partial charge in [0, 0.05) is 18.1 Å². The van der Waals surface area contributed by atoms with Crippen LogP contribution in [0.3, 0.4) is 0 Å². The van der Waals surface area contributed by atoms with Gasteiger partial charge in [-0.3, -0.25) is 0 Å². The molecule has 2 rings (SSSR count). The fourth-order valence-electron chi connectivity index (χ4n) is 2.65. The SMILES string of the molecule is CN[C@@H]1CC2CC[C@H](C1)N2C. The Morgan fingerprint density at radius 3 is 2.18 bits per heavy atom. The molecule has 2 saturated heterocycles. The molecular formula is C9H18N2. The lowest BCUT2D eigenvalue weighted by Gasteiger charge is -2.36. The van der Waals surface area contributed by atoms with E-state index in [1.54, 1.807) is 0 Å². The van der Waals surface area contributed by atoms with E-state index in [1.165, 1.54) is 25.7 Å². The lowest BCUT2D eigenvalue weighted by molar-refractivity contribution is 0.152. The van der Waals surface area contributed by atoms with E-state index in [0.29, 0.717) is 0 Å². The lowest BCUT2D eigenvalue weighted by Crippen LogP contribution is -2.46. The Morgan fingerprint density at radius 2 is 1.73 bits per heavy atom. The van der Waals surface area contributed by atoms with Crippen molar-refractivity contribution in [3.05, 3.63) is 0 Å². The first-order valence-corrected chi connectivity index (χ1v) is 4.70. The smallest absolute Gasteiger partial charge is 0.0110 e. The molecule has 0 saturated carbocycles. The second kappa shape index (κ2) is 2.76. The maximum Gasteiger partial charge on any atom is 0.0110 e. The van der Waals surface area contributed by atoms with Crippen LogP contribution in [0.2, 0.25) is 0 Å². The molecular weight excluding hydrogens is 136 g/mol. The molecule has 0 amide bonds. The Labute approximate surface area is 69.0 Å². The Bertz CT molecular complexity index is 132.